The third-order valence-electron chi connectivity index (χ3n) is 3.43. The zero-order chi connectivity index (χ0) is 15.7. The van der Waals surface area contributed by atoms with Crippen molar-refractivity contribution in [1.82, 2.24) is 4.98 Å². The Bertz CT molecular complexity index is 916. The number of sulfonamides is 1. The molecule has 0 fully saturated rings. The monoisotopic (exact) mass is 314 g/mol. The van der Waals surface area contributed by atoms with Crippen molar-refractivity contribution in [2.45, 2.75) is 11.8 Å². The molecule has 0 saturated carbocycles. The minimum Gasteiger partial charge on any atom is -0.612 e. The number of aryl methyl sites for hydroxylation is 1. The van der Waals surface area contributed by atoms with Crippen molar-refractivity contribution in [1.29, 1.82) is 0 Å². The highest BCUT2D eigenvalue weighted by Crippen LogP contribution is 2.19. The maximum atomic E-state index is 12.5. The molecule has 6 heteroatoms. The van der Waals surface area contributed by atoms with Gasteiger partial charge in [-0.25, -0.2) is 9.45 Å². The zero-order valence-corrected chi connectivity index (χ0v) is 12.7. The van der Waals surface area contributed by atoms with E-state index in [0.29, 0.717) is 5.52 Å². The Morgan fingerprint density at radius 1 is 1.00 bits per heavy atom. The lowest BCUT2D eigenvalue weighted by Gasteiger charge is -2.21. The normalized spacial score (nSPS) is 13.2. The van der Waals surface area contributed by atoms with Crippen LogP contribution in [0, 0.1) is 12.1 Å². The average molecular weight is 314 g/mol. The number of hydrogen-bond donors (Lipinski definition) is 1. The van der Waals surface area contributed by atoms with Crippen molar-refractivity contribution in [3.05, 3.63) is 71.6 Å². The number of benzene rings is 2. The van der Waals surface area contributed by atoms with E-state index in [9.17, 15) is 13.6 Å². The highest BCUT2D eigenvalue weighted by atomic mass is 32.2. The molecule has 0 aliphatic heterocycles. The van der Waals surface area contributed by atoms with Gasteiger partial charge in [0.25, 0.3) is 0 Å². The van der Waals surface area contributed by atoms with Crippen LogP contribution in [0.25, 0.3) is 10.9 Å². The molecule has 1 atom stereocenters. The van der Waals surface area contributed by atoms with Crippen molar-refractivity contribution < 1.29 is 12.9 Å². The average Bonchev–Trinajstić information content (AvgIpc) is 2.54. The Kier molecular flexibility index (Phi) is 3.66. The second-order valence-electron chi connectivity index (χ2n) is 4.98. The van der Waals surface area contributed by atoms with Crippen molar-refractivity contribution in [2.75, 3.05) is 0 Å². The van der Waals surface area contributed by atoms with E-state index in [0.717, 1.165) is 10.9 Å². The summed E-state index contributed by atoms with van der Waals surface area (Å²) in [7, 11) is -4.08. The van der Waals surface area contributed by atoms with E-state index in [4.69, 9.17) is 0 Å². The van der Waals surface area contributed by atoms with Gasteiger partial charge in [-0.3, -0.25) is 0 Å². The van der Waals surface area contributed by atoms with Crippen LogP contribution in [0.5, 0.6) is 0 Å². The molecule has 0 aliphatic carbocycles. The van der Waals surface area contributed by atoms with E-state index in [1.165, 1.54) is 24.4 Å². The van der Waals surface area contributed by atoms with Crippen LogP contribution in [0.2, 0.25) is 0 Å². The van der Waals surface area contributed by atoms with E-state index < -0.39 is 14.5 Å². The summed E-state index contributed by atoms with van der Waals surface area (Å²) >= 11 is 0. The van der Waals surface area contributed by atoms with Crippen molar-refractivity contribution in [2.24, 2.45) is 0 Å². The second-order valence-corrected chi connectivity index (χ2v) is 6.83. The van der Waals surface area contributed by atoms with Gasteiger partial charge in [-0.2, -0.15) is 8.42 Å². The van der Waals surface area contributed by atoms with E-state index in [-0.39, 0.29) is 10.6 Å². The van der Waals surface area contributed by atoms with Crippen LogP contribution in [0.15, 0.2) is 65.7 Å². The molecule has 0 aliphatic rings. The molecule has 1 aromatic heterocycles. The maximum absolute atomic E-state index is 12.5. The van der Waals surface area contributed by atoms with Crippen LogP contribution in [0.4, 0.5) is 5.69 Å². The number of hydrogen-bond acceptors (Lipinski definition) is 4. The van der Waals surface area contributed by atoms with E-state index >= 15 is 0 Å². The number of para-hydroxylation sites is 1. The summed E-state index contributed by atoms with van der Waals surface area (Å²) in [6.45, 7) is 1.85. The molecule has 1 N–H and O–H groups in total. The topological polar surface area (TPSA) is 74.5 Å². The lowest BCUT2D eigenvalue weighted by molar-refractivity contribution is -0.623. The number of pyridine rings is 1. The number of nitrogens with zero attached hydrogens (tertiary/aromatic N) is 1. The molecule has 3 rings (SSSR count). The number of aromatic nitrogens is 1. The summed E-state index contributed by atoms with van der Waals surface area (Å²) in [5.74, 6) is 0. The van der Waals surface area contributed by atoms with Crippen LogP contribution in [-0.4, -0.2) is 13.4 Å². The first-order valence-electron chi connectivity index (χ1n) is 6.70. The van der Waals surface area contributed by atoms with Gasteiger partial charge < -0.3 is 5.21 Å². The smallest absolute Gasteiger partial charge is 0.330 e. The summed E-state index contributed by atoms with van der Waals surface area (Å²) in [5, 5.41) is 13.3. The summed E-state index contributed by atoms with van der Waals surface area (Å²) < 4.78 is 24.1. The molecule has 1 unspecified atom stereocenters. The fourth-order valence-corrected chi connectivity index (χ4v) is 3.40. The van der Waals surface area contributed by atoms with Crippen LogP contribution in [0.3, 0.4) is 0 Å². The molecule has 0 radical (unpaired) electrons. The van der Waals surface area contributed by atoms with E-state index in [1.807, 2.05) is 6.92 Å². The number of quaternary nitrogens is 1. The lowest BCUT2D eigenvalue weighted by atomic mass is 10.2. The van der Waals surface area contributed by atoms with E-state index in [1.54, 1.807) is 36.4 Å². The lowest BCUT2D eigenvalue weighted by Crippen LogP contribution is -3.04. The van der Waals surface area contributed by atoms with Crippen molar-refractivity contribution >= 4 is 26.6 Å². The third-order valence-corrected chi connectivity index (χ3v) is 5.03. The molecule has 22 heavy (non-hydrogen) atoms. The van der Waals surface area contributed by atoms with Crippen LogP contribution in [0.1, 0.15) is 5.56 Å². The second kappa shape index (κ2) is 5.49. The summed E-state index contributed by atoms with van der Waals surface area (Å²) in [4.78, 5) is 4.13. The molecule has 5 nitrogen and oxygen atoms in total. The summed E-state index contributed by atoms with van der Waals surface area (Å²) in [6.07, 6.45) is 1.54. The zero-order valence-electron chi connectivity index (χ0n) is 11.9. The minimum atomic E-state index is -4.08. The van der Waals surface area contributed by atoms with Gasteiger partial charge in [0.2, 0.25) is 0 Å². The molecular weight excluding hydrogens is 300 g/mol. The molecule has 112 valence electrons. The first kappa shape index (κ1) is 14.6. The van der Waals surface area contributed by atoms with Gasteiger partial charge in [-0.1, -0.05) is 35.9 Å². The first-order chi connectivity index (χ1) is 10.5. The molecule has 0 spiro atoms. The Labute approximate surface area is 128 Å². The van der Waals surface area contributed by atoms with Crippen LogP contribution in [-0.2, 0) is 10.0 Å². The summed E-state index contributed by atoms with van der Waals surface area (Å²) in [5.41, 5.74) is 1.42. The maximum Gasteiger partial charge on any atom is 0.330 e. The van der Waals surface area contributed by atoms with Gasteiger partial charge in [-0.05, 0) is 25.1 Å². The van der Waals surface area contributed by atoms with Crippen molar-refractivity contribution in [3.63, 3.8) is 0 Å². The van der Waals surface area contributed by atoms with Gasteiger partial charge >= 0.3 is 10.0 Å². The SMILES string of the molecule is Cc1ccc(S(=O)(=O)[NH+]([O-])c2cccc3cccnc23)cc1. The summed E-state index contributed by atoms with van der Waals surface area (Å²) in [6, 6.07) is 14.7. The molecule has 1 heterocycles. The Morgan fingerprint density at radius 3 is 2.41 bits per heavy atom. The molecule has 0 bridgehead atoms. The van der Waals surface area contributed by atoms with Gasteiger partial charge in [0.1, 0.15) is 10.4 Å². The fraction of sp³-hybridized carbons (Fsp3) is 0.0625. The molecule has 2 aromatic carbocycles. The number of nitrogens with one attached hydrogen (secondary N) is 1. The standard InChI is InChI=1S/C16H14N2O3S/c1-12-7-9-14(10-8-12)22(20,21)18(19)15-6-2-4-13-5-3-11-17-16(13)15/h2-11,18H,1H3. The van der Waals surface area contributed by atoms with Gasteiger partial charge in [-0.15, -0.1) is 0 Å². The number of rotatable bonds is 3. The quantitative estimate of drug-likeness (QED) is 0.750. The van der Waals surface area contributed by atoms with Gasteiger partial charge in [0, 0.05) is 17.6 Å². The van der Waals surface area contributed by atoms with Crippen LogP contribution < -0.4 is 4.47 Å². The largest absolute Gasteiger partial charge is 0.612 e. The molecular formula is C16H14N2O3S. The molecule has 0 saturated heterocycles. The fourth-order valence-electron chi connectivity index (χ4n) is 2.24. The number of fused-ring (bicyclic) bond motifs is 1. The van der Waals surface area contributed by atoms with Gasteiger partial charge in [0.05, 0.1) is 0 Å². The highest BCUT2D eigenvalue weighted by molar-refractivity contribution is 7.85. The Balaban J connectivity index is 2.12. The Hall–Kier alpha value is -2.28. The first-order valence-corrected chi connectivity index (χ1v) is 8.18. The minimum absolute atomic E-state index is 0.00367. The molecule has 3 aromatic rings. The molecule has 0 amide bonds. The predicted octanol–water partition coefficient (Wildman–Crippen LogP) is 1.95. The third kappa shape index (κ3) is 2.48. The van der Waals surface area contributed by atoms with Gasteiger partial charge in [0.15, 0.2) is 5.69 Å². The van der Waals surface area contributed by atoms with Crippen LogP contribution >= 0.6 is 0 Å². The Morgan fingerprint density at radius 2 is 1.68 bits per heavy atom. The predicted molar refractivity (Wildman–Crippen MR) is 84.1 cm³/mol. The van der Waals surface area contributed by atoms with Crippen molar-refractivity contribution in [3.8, 4) is 0 Å². The van der Waals surface area contributed by atoms with E-state index in [2.05, 4.69) is 4.98 Å². The highest BCUT2D eigenvalue weighted by Gasteiger charge is 2.25.